The van der Waals surface area contributed by atoms with Crippen molar-refractivity contribution in [3.05, 3.63) is 63.9 Å². The Hall–Kier alpha value is -3.01. The van der Waals surface area contributed by atoms with E-state index in [1.54, 1.807) is 0 Å². The quantitative estimate of drug-likeness (QED) is 0.641. The van der Waals surface area contributed by atoms with Crippen molar-refractivity contribution in [1.82, 2.24) is 9.88 Å². The maximum atomic E-state index is 13.7. The lowest BCUT2D eigenvalue weighted by atomic mass is 9.69. The van der Waals surface area contributed by atoms with Crippen molar-refractivity contribution >= 4 is 17.2 Å². The minimum atomic E-state index is -0.279. The number of fused-ring (bicyclic) bond motifs is 3. The van der Waals surface area contributed by atoms with E-state index >= 15 is 0 Å². The van der Waals surface area contributed by atoms with Crippen LogP contribution in [0, 0.1) is 11.3 Å². The van der Waals surface area contributed by atoms with Gasteiger partial charge in [0.05, 0.1) is 24.8 Å². The predicted octanol–water partition coefficient (Wildman–Crippen LogP) is 4.52. The van der Waals surface area contributed by atoms with Gasteiger partial charge >= 0.3 is 0 Å². The van der Waals surface area contributed by atoms with Gasteiger partial charge in [-0.2, -0.15) is 5.26 Å². The molecule has 0 saturated carbocycles. The predicted molar refractivity (Wildman–Crippen MR) is 140 cm³/mol. The van der Waals surface area contributed by atoms with E-state index in [1.165, 1.54) is 5.57 Å². The average Bonchev–Trinajstić information content (AvgIpc) is 3.32. The Morgan fingerprint density at radius 1 is 1.08 bits per heavy atom. The van der Waals surface area contributed by atoms with Crippen molar-refractivity contribution in [2.45, 2.75) is 57.4 Å². The Morgan fingerprint density at radius 3 is 2.53 bits per heavy atom. The van der Waals surface area contributed by atoms with E-state index in [4.69, 9.17) is 9.72 Å². The Kier molecular flexibility index (Phi) is 5.55. The van der Waals surface area contributed by atoms with Crippen molar-refractivity contribution in [3.63, 3.8) is 0 Å². The Morgan fingerprint density at radius 2 is 1.83 bits per heavy atom. The molecule has 0 amide bonds. The van der Waals surface area contributed by atoms with Gasteiger partial charge in [0.2, 0.25) is 0 Å². The number of ketones is 1. The normalized spacial score (nSPS) is 22.6. The molecular formula is C30H34N4O2. The van der Waals surface area contributed by atoms with Gasteiger partial charge < -0.3 is 9.64 Å². The number of morpholine rings is 1. The van der Waals surface area contributed by atoms with Crippen molar-refractivity contribution in [3.8, 4) is 6.07 Å². The molecule has 6 heteroatoms. The summed E-state index contributed by atoms with van der Waals surface area (Å²) < 4.78 is 5.61. The highest BCUT2D eigenvalue weighted by Crippen LogP contribution is 2.50. The van der Waals surface area contributed by atoms with Gasteiger partial charge in [-0.05, 0) is 66.1 Å². The van der Waals surface area contributed by atoms with Crippen LogP contribution in [0.3, 0.4) is 0 Å². The molecule has 0 bridgehead atoms. The van der Waals surface area contributed by atoms with E-state index in [2.05, 4.69) is 42.7 Å². The number of nitriles is 1. The van der Waals surface area contributed by atoms with Crippen LogP contribution >= 0.6 is 0 Å². The molecular weight excluding hydrogens is 448 g/mol. The highest BCUT2D eigenvalue weighted by atomic mass is 16.5. The number of hydrogen-bond donors (Lipinski definition) is 0. The second-order valence-corrected chi connectivity index (χ2v) is 11.2. The summed E-state index contributed by atoms with van der Waals surface area (Å²) >= 11 is 0. The van der Waals surface area contributed by atoms with Crippen LogP contribution in [0.4, 0.5) is 5.82 Å². The number of ether oxygens (including phenoxy) is 1. The van der Waals surface area contributed by atoms with Crippen molar-refractivity contribution < 1.29 is 9.53 Å². The standard InChI is InChI=1S/C30H34N4O2/c1-4-30(34-11-13-36-14-12-34)7-9-33(10-8-30)26-17-24-23(19-32-26)28(35)27-22-6-5-20(18-31)15-21(22)16-25(27)29(24,2)3/h5-6,15,17,19H,4,7-14,16H2,1-3H3. The van der Waals surface area contributed by atoms with Gasteiger partial charge in [-0.15, -0.1) is 0 Å². The van der Waals surface area contributed by atoms with Gasteiger partial charge in [-0.25, -0.2) is 4.98 Å². The van der Waals surface area contributed by atoms with E-state index in [-0.39, 0.29) is 16.7 Å². The van der Waals surface area contributed by atoms with Gasteiger partial charge in [-0.1, -0.05) is 26.8 Å². The molecule has 2 fully saturated rings. The summed E-state index contributed by atoms with van der Waals surface area (Å²) in [5, 5.41) is 9.35. The molecule has 2 aliphatic carbocycles. The Bertz CT molecular complexity index is 1300. The van der Waals surface area contributed by atoms with E-state index in [0.29, 0.717) is 11.1 Å². The number of allylic oxidation sites excluding steroid dienone is 2. The summed E-state index contributed by atoms with van der Waals surface area (Å²) in [7, 11) is 0. The molecule has 2 aromatic rings. The number of Topliss-reactive ketones (excluding diaryl/α,β-unsaturated/α-hetero) is 1. The van der Waals surface area contributed by atoms with E-state index < -0.39 is 0 Å². The van der Waals surface area contributed by atoms with E-state index in [0.717, 1.165) is 93.2 Å². The second-order valence-electron chi connectivity index (χ2n) is 11.2. The number of rotatable bonds is 3. The van der Waals surface area contributed by atoms with E-state index in [1.807, 2.05) is 24.4 Å². The number of piperidine rings is 1. The fraction of sp³-hybridized carbons (Fsp3) is 0.500. The number of pyridine rings is 1. The zero-order valence-corrected chi connectivity index (χ0v) is 21.6. The van der Waals surface area contributed by atoms with Gasteiger partial charge in [0.1, 0.15) is 5.82 Å². The summed E-state index contributed by atoms with van der Waals surface area (Å²) in [6, 6.07) is 10.1. The fourth-order valence-corrected chi connectivity index (χ4v) is 6.98. The Balaban J connectivity index is 1.28. The van der Waals surface area contributed by atoms with Crippen LogP contribution in [0.1, 0.15) is 72.6 Å². The van der Waals surface area contributed by atoms with Gasteiger partial charge in [0.25, 0.3) is 0 Å². The van der Waals surface area contributed by atoms with Crippen molar-refractivity contribution in [2.75, 3.05) is 44.3 Å². The lowest BCUT2D eigenvalue weighted by Crippen LogP contribution is -2.58. The molecule has 1 aromatic carbocycles. The van der Waals surface area contributed by atoms with Gasteiger partial charge in [0.15, 0.2) is 5.78 Å². The first-order chi connectivity index (χ1) is 17.4. The zero-order chi connectivity index (χ0) is 25.1. The van der Waals surface area contributed by atoms with Crippen LogP contribution in [0.5, 0.6) is 0 Å². The molecule has 36 heavy (non-hydrogen) atoms. The van der Waals surface area contributed by atoms with Crippen LogP contribution in [-0.4, -0.2) is 60.6 Å². The highest BCUT2D eigenvalue weighted by molar-refractivity contribution is 6.32. The molecule has 2 aliphatic heterocycles. The smallest absolute Gasteiger partial charge is 0.195 e. The van der Waals surface area contributed by atoms with Gasteiger partial charge in [-0.3, -0.25) is 9.69 Å². The molecule has 6 rings (SSSR count). The third-order valence-electron chi connectivity index (χ3n) is 9.32. The molecule has 2 saturated heterocycles. The number of carbonyl (C=O) groups is 1. The summed E-state index contributed by atoms with van der Waals surface area (Å²) in [4.78, 5) is 23.6. The topological polar surface area (TPSA) is 69.5 Å². The molecule has 0 radical (unpaired) electrons. The van der Waals surface area contributed by atoms with Crippen LogP contribution < -0.4 is 4.90 Å². The van der Waals surface area contributed by atoms with Crippen molar-refractivity contribution in [1.29, 1.82) is 5.26 Å². The lowest BCUT2D eigenvalue weighted by molar-refractivity contribution is -0.0341. The van der Waals surface area contributed by atoms with Gasteiger partial charge in [0, 0.05) is 54.5 Å². The van der Waals surface area contributed by atoms with Crippen LogP contribution in [0.15, 0.2) is 36.0 Å². The number of hydrogen-bond acceptors (Lipinski definition) is 6. The second kappa shape index (κ2) is 8.54. The maximum absolute atomic E-state index is 13.7. The number of nitrogens with zero attached hydrogens (tertiary/aromatic N) is 4. The molecule has 0 atom stereocenters. The average molecular weight is 483 g/mol. The monoisotopic (exact) mass is 482 g/mol. The number of aromatic nitrogens is 1. The largest absolute Gasteiger partial charge is 0.379 e. The molecule has 3 heterocycles. The third-order valence-corrected chi connectivity index (χ3v) is 9.32. The molecule has 0 spiro atoms. The first-order valence-corrected chi connectivity index (χ1v) is 13.3. The first kappa shape index (κ1) is 23.4. The van der Waals surface area contributed by atoms with Crippen LogP contribution in [-0.2, 0) is 16.6 Å². The molecule has 0 N–H and O–H groups in total. The molecule has 1 aromatic heterocycles. The summed E-state index contributed by atoms with van der Waals surface area (Å²) in [5.74, 6) is 1.05. The lowest BCUT2D eigenvalue weighted by Gasteiger charge is -2.50. The van der Waals surface area contributed by atoms with Crippen LogP contribution in [0.2, 0.25) is 0 Å². The SMILES string of the molecule is CCC1(N2CCOCC2)CCN(c2cc3c(cn2)C(=O)C2=C(Cc4cc(C#N)ccc42)C3(C)C)CC1. The zero-order valence-electron chi connectivity index (χ0n) is 21.6. The molecule has 0 unspecified atom stereocenters. The molecule has 186 valence electrons. The molecule has 6 nitrogen and oxygen atoms in total. The third kappa shape index (κ3) is 3.44. The number of carbonyl (C=O) groups excluding carboxylic acids is 1. The summed E-state index contributed by atoms with van der Waals surface area (Å²) in [6.07, 6.45) is 5.93. The fourth-order valence-electron chi connectivity index (χ4n) is 6.98. The number of benzene rings is 1. The highest BCUT2D eigenvalue weighted by Gasteiger charge is 2.44. The Labute approximate surface area is 213 Å². The minimum Gasteiger partial charge on any atom is -0.379 e. The van der Waals surface area contributed by atoms with Crippen LogP contribution in [0.25, 0.3) is 5.57 Å². The van der Waals surface area contributed by atoms with E-state index in [9.17, 15) is 10.1 Å². The molecule has 4 aliphatic rings. The summed E-state index contributed by atoms with van der Waals surface area (Å²) in [5.41, 5.74) is 6.45. The minimum absolute atomic E-state index is 0.0674. The summed E-state index contributed by atoms with van der Waals surface area (Å²) in [6.45, 7) is 12.4. The first-order valence-electron chi connectivity index (χ1n) is 13.3. The maximum Gasteiger partial charge on any atom is 0.195 e. The van der Waals surface area contributed by atoms with Crippen molar-refractivity contribution in [2.24, 2.45) is 0 Å². The number of anilines is 1.